The first kappa shape index (κ1) is 39.4. The second-order valence-electron chi connectivity index (χ2n) is 14.5. The summed E-state index contributed by atoms with van der Waals surface area (Å²) in [4.78, 5) is 0. The fourth-order valence-corrected chi connectivity index (χ4v) is 6.69. The molecule has 7 rings (SSSR count). The maximum atomic E-state index is 2.35. The minimum absolute atomic E-state index is 0. The van der Waals surface area contributed by atoms with Crippen LogP contribution in [0.15, 0.2) is 133 Å². The van der Waals surface area contributed by atoms with Gasteiger partial charge in [-0.25, -0.2) is 0 Å². The molecule has 0 heterocycles. The van der Waals surface area contributed by atoms with Crippen LogP contribution in [0.5, 0.6) is 0 Å². The van der Waals surface area contributed by atoms with Crippen LogP contribution in [0.4, 0.5) is 0 Å². The van der Waals surface area contributed by atoms with Crippen LogP contribution in [0, 0.1) is 13.8 Å². The predicted octanol–water partition coefficient (Wildman–Crippen LogP) is 13.1. The van der Waals surface area contributed by atoms with E-state index in [0.29, 0.717) is 0 Å². The van der Waals surface area contributed by atoms with Crippen molar-refractivity contribution in [1.82, 2.24) is 0 Å². The van der Waals surface area contributed by atoms with E-state index in [1.165, 1.54) is 93.1 Å². The van der Waals surface area contributed by atoms with Gasteiger partial charge >= 0.3 is 99.2 Å². The molecule has 0 spiro atoms. The van der Waals surface area contributed by atoms with Crippen LogP contribution in [0.2, 0.25) is 0 Å². The van der Waals surface area contributed by atoms with E-state index < -0.39 is 0 Å². The Kier molecular flexibility index (Phi) is 13.6. The van der Waals surface area contributed by atoms with Gasteiger partial charge in [0.1, 0.15) is 0 Å². The summed E-state index contributed by atoms with van der Waals surface area (Å²) in [6, 6.07) is 48.2. The zero-order valence-electron chi connectivity index (χ0n) is 29.5. The molecular formula is C45H48Cl2Zr. The standard InChI is InChI=1S/C21H25.C13H10.C11H11.2ClH.Zr/c1-20(2,3)16-7-9-18-14(12-16)11-15-13-17(21(4,5)6)8-10-19(15)18;1-3-7-12(8-4-1)11-13-9-5-2-6-10-13;1-8-6-10-5-3-4-9(2)11(10)7-8;;;/h7-13H,1-6H3;1-10H;3-7H,1-2H3;2*1H;/q-1;;-1;;;+2. The van der Waals surface area contributed by atoms with Gasteiger partial charge in [-0.3, -0.25) is 0 Å². The molecule has 0 aliphatic heterocycles. The number of halogens is 2. The van der Waals surface area contributed by atoms with E-state index in [9.17, 15) is 0 Å². The Labute approximate surface area is 315 Å². The quantitative estimate of drug-likeness (QED) is 0.154. The molecule has 48 heavy (non-hydrogen) atoms. The Bertz CT molecular complexity index is 1970. The van der Waals surface area contributed by atoms with Crippen molar-refractivity contribution in [2.45, 2.75) is 66.2 Å². The molecule has 0 saturated heterocycles. The number of aryl methyl sites for hydroxylation is 2. The van der Waals surface area contributed by atoms with Crippen molar-refractivity contribution in [3.05, 3.63) is 167 Å². The summed E-state index contributed by atoms with van der Waals surface area (Å²) in [7, 11) is 0. The first-order chi connectivity index (χ1) is 21.8. The van der Waals surface area contributed by atoms with Crippen molar-refractivity contribution in [1.29, 1.82) is 0 Å². The third-order valence-corrected chi connectivity index (χ3v) is 10.1. The number of rotatable bonds is 2. The number of hydrogen-bond acceptors (Lipinski definition) is 0. The average Bonchev–Trinajstić information content (AvgIpc) is 3.61. The van der Waals surface area contributed by atoms with E-state index in [-0.39, 0.29) is 35.6 Å². The Morgan fingerprint density at radius 2 is 0.979 bits per heavy atom. The molecule has 0 saturated carbocycles. The molecule has 0 aromatic heterocycles. The van der Waals surface area contributed by atoms with Gasteiger partial charge in [-0.15, -0.1) is 105 Å². The fourth-order valence-electron chi connectivity index (χ4n) is 5.87. The fraction of sp³-hybridized carbons (Fsp3) is 0.222. The molecule has 0 aliphatic rings. The third kappa shape index (κ3) is 9.54. The number of fused-ring (bicyclic) bond motifs is 4. The SMILES string of the molecule is CC(C)(C)c1ccc2c(c1)[cH-]c1cc(C(C)(C)C)ccc12.Cc1cc2cccc(C)c2[cH-]1.Cl.Cl.[Zr+2]=[C](c1ccccc1)c1ccccc1. The molecular weight excluding hydrogens is 703 g/mol. The molecule has 0 radical (unpaired) electrons. The second kappa shape index (κ2) is 16.5. The van der Waals surface area contributed by atoms with Crippen molar-refractivity contribution in [2.75, 3.05) is 0 Å². The van der Waals surface area contributed by atoms with Gasteiger partial charge in [0.2, 0.25) is 0 Å². The van der Waals surface area contributed by atoms with E-state index >= 15 is 0 Å². The molecule has 0 unspecified atom stereocenters. The van der Waals surface area contributed by atoms with E-state index in [1.807, 2.05) is 0 Å². The van der Waals surface area contributed by atoms with Gasteiger partial charge in [-0.1, -0.05) is 96.8 Å². The summed E-state index contributed by atoms with van der Waals surface area (Å²) in [6.07, 6.45) is 0. The zero-order chi connectivity index (χ0) is 33.1. The van der Waals surface area contributed by atoms with Gasteiger partial charge in [0.05, 0.1) is 0 Å². The Morgan fingerprint density at radius 1 is 0.521 bits per heavy atom. The van der Waals surface area contributed by atoms with Gasteiger partial charge in [0.15, 0.2) is 0 Å². The van der Waals surface area contributed by atoms with Crippen LogP contribution in [-0.2, 0) is 35.1 Å². The first-order valence-electron chi connectivity index (χ1n) is 16.3. The van der Waals surface area contributed by atoms with E-state index in [1.54, 1.807) is 0 Å². The van der Waals surface area contributed by atoms with Crippen LogP contribution in [0.1, 0.15) is 74.9 Å². The normalized spacial score (nSPS) is 11.1. The third-order valence-electron chi connectivity index (χ3n) is 8.67. The molecule has 0 amide bonds. The Balaban J connectivity index is 0.000000202. The second-order valence-corrected chi connectivity index (χ2v) is 15.7. The van der Waals surface area contributed by atoms with E-state index in [2.05, 4.69) is 189 Å². The van der Waals surface area contributed by atoms with Crippen molar-refractivity contribution in [3.63, 3.8) is 0 Å². The summed E-state index contributed by atoms with van der Waals surface area (Å²) in [5.41, 5.74) is 8.60. The van der Waals surface area contributed by atoms with Crippen LogP contribution in [0.3, 0.4) is 0 Å². The van der Waals surface area contributed by atoms with Crippen molar-refractivity contribution in [2.24, 2.45) is 0 Å². The molecule has 0 bridgehead atoms. The van der Waals surface area contributed by atoms with Crippen molar-refractivity contribution < 1.29 is 24.2 Å². The molecule has 0 aliphatic carbocycles. The maximum absolute atomic E-state index is 2.35. The first-order valence-corrected chi connectivity index (χ1v) is 17.5. The van der Waals surface area contributed by atoms with Crippen molar-refractivity contribution >= 4 is 60.3 Å². The minimum atomic E-state index is 0. The number of benzene rings is 5. The van der Waals surface area contributed by atoms with Gasteiger partial charge < -0.3 is 0 Å². The van der Waals surface area contributed by atoms with Crippen LogP contribution in [-0.4, -0.2) is 3.21 Å². The molecule has 246 valence electrons. The topological polar surface area (TPSA) is 0 Å². The van der Waals surface area contributed by atoms with Gasteiger partial charge in [-0.05, 0) is 10.8 Å². The van der Waals surface area contributed by atoms with Crippen LogP contribution < -0.4 is 0 Å². The predicted molar refractivity (Wildman–Crippen MR) is 214 cm³/mol. The molecule has 0 N–H and O–H groups in total. The summed E-state index contributed by atoms with van der Waals surface area (Å²) >= 11 is 1.46. The molecule has 7 aromatic carbocycles. The molecule has 0 atom stereocenters. The average molecular weight is 751 g/mol. The van der Waals surface area contributed by atoms with Crippen LogP contribution >= 0.6 is 24.8 Å². The van der Waals surface area contributed by atoms with Crippen molar-refractivity contribution in [3.8, 4) is 0 Å². The molecule has 0 fully saturated rings. The van der Waals surface area contributed by atoms with Gasteiger partial charge in [0.25, 0.3) is 0 Å². The van der Waals surface area contributed by atoms with Crippen LogP contribution in [0.25, 0.3) is 32.3 Å². The number of hydrogen-bond donors (Lipinski definition) is 0. The molecule has 0 nitrogen and oxygen atoms in total. The van der Waals surface area contributed by atoms with Gasteiger partial charge in [-0.2, -0.15) is 6.07 Å². The summed E-state index contributed by atoms with van der Waals surface area (Å²) in [5, 5.41) is 8.23. The Hall–Kier alpha value is -3.09. The monoisotopic (exact) mass is 748 g/mol. The van der Waals surface area contributed by atoms with E-state index in [4.69, 9.17) is 0 Å². The summed E-state index contributed by atoms with van der Waals surface area (Å²) < 4.78 is 1.42. The summed E-state index contributed by atoms with van der Waals surface area (Å²) in [6.45, 7) is 17.9. The van der Waals surface area contributed by atoms with E-state index in [0.717, 1.165) is 0 Å². The Morgan fingerprint density at radius 3 is 1.40 bits per heavy atom. The molecule has 7 aromatic rings. The van der Waals surface area contributed by atoms with Gasteiger partial charge in [0, 0.05) is 0 Å². The summed E-state index contributed by atoms with van der Waals surface area (Å²) in [5.74, 6) is 0. The zero-order valence-corrected chi connectivity index (χ0v) is 33.6. The molecule has 3 heteroatoms.